The Morgan fingerprint density at radius 3 is 2.76 bits per heavy atom. The molecule has 0 aliphatic carbocycles. The van der Waals surface area contributed by atoms with Crippen LogP contribution < -0.4 is 10.1 Å². The van der Waals surface area contributed by atoms with Crippen molar-refractivity contribution in [3.63, 3.8) is 0 Å². The van der Waals surface area contributed by atoms with E-state index in [4.69, 9.17) is 4.74 Å². The molecule has 1 aromatic heterocycles. The number of benzene rings is 1. The second kappa shape index (κ2) is 6.09. The molecule has 1 atom stereocenters. The minimum atomic E-state index is -2.50. The van der Waals surface area contributed by atoms with Crippen LogP contribution in [-0.4, -0.2) is 25.0 Å². The number of rotatable bonds is 4. The van der Waals surface area contributed by atoms with Crippen LogP contribution in [0.5, 0.6) is 5.75 Å². The molecule has 0 bridgehead atoms. The van der Waals surface area contributed by atoms with Gasteiger partial charge in [-0.25, -0.2) is 18.4 Å². The molecule has 0 amide bonds. The summed E-state index contributed by atoms with van der Waals surface area (Å²) in [4.78, 5) is 8.10. The minimum absolute atomic E-state index is 0.129. The molecule has 7 heteroatoms. The maximum atomic E-state index is 10.6. The van der Waals surface area contributed by atoms with Crippen LogP contribution in [0.2, 0.25) is 0 Å². The first kappa shape index (κ1) is 13.8. The Labute approximate surface area is 124 Å². The molecule has 1 N–H and O–H groups in total. The van der Waals surface area contributed by atoms with Gasteiger partial charge in [-0.3, -0.25) is 0 Å². The molecule has 1 aliphatic heterocycles. The summed E-state index contributed by atoms with van der Waals surface area (Å²) in [6.07, 6.45) is 4.07. The largest absolute Gasteiger partial charge is 0.493 e. The highest BCUT2D eigenvalue weighted by Gasteiger charge is 2.20. The van der Waals surface area contributed by atoms with Gasteiger partial charge < -0.3 is 10.1 Å². The lowest BCUT2D eigenvalue weighted by atomic mass is 10.0. The predicted molar refractivity (Wildman–Crippen MR) is 79.0 cm³/mol. The predicted octanol–water partition coefficient (Wildman–Crippen LogP) is 1.52. The van der Waals surface area contributed by atoms with E-state index in [2.05, 4.69) is 15.3 Å². The summed E-state index contributed by atoms with van der Waals surface area (Å²) in [5.41, 5.74) is 1.87. The molecule has 21 heavy (non-hydrogen) atoms. The molecule has 0 spiro atoms. The van der Waals surface area contributed by atoms with Gasteiger partial charge in [0, 0.05) is 12.0 Å². The Balaban J connectivity index is 1.75. The minimum Gasteiger partial charge on any atom is -0.493 e. The number of para-hydroxylation sites is 1. The topological polar surface area (TPSA) is 81.2 Å². The van der Waals surface area contributed by atoms with Crippen LogP contribution in [0.1, 0.15) is 23.9 Å². The Morgan fingerprint density at radius 2 is 2.00 bits per heavy atom. The Morgan fingerprint density at radius 1 is 1.24 bits per heavy atom. The first-order valence-electron chi connectivity index (χ1n) is 6.63. The van der Waals surface area contributed by atoms with Gasteiger partial charge in [-0.05, 0) is 6.07 Å². The average molecular weight is 305 g/mol. The van der Waals surface area contributed by atoms with Crippen LogP contribution in [0.25, 0.3) is 0 Å². The number of anilines is 1. The summed E-state index contributed by atoms with van der Waals surface area (Å²) in [5.74, 6) is 1.07. The number of nitrogens with zero attached hydrogens (tertiary/aromatic N) is 2. The summed E-state index contributed by atoms with van der Waals surface area (Å²) in [6, 6.07) is 8.05. The normalized spacial score (nSPS) is 17.1. The fraction of sp³-hybridized carbons (Fsp3) is 0.286. The zero-order chi connectivity index (χ0) is 14.7. The van der Waals surface area contributed by atoms with E-state index in [9.17, 15) is 8.42 Å². The van der Waals surface area contributed by atoms with Crippen molar-refractivity contribution in [2.75, 3.05) is 11.9 Å². The van der Waals surface area contributed by atoms with Gasteiger partial charge in [-0.2, -0.15) is 0 Å². The summed E-state index contributed by atoms with van der Waals surface area (Å²) in [7, 11) is -2.50. The molecule has 1 aliphatic rings. The Hall–Kier alpha value is -2.15. The van der Waals surface area contributed by atoms with Crippen molar-refractivity contribution in [2.24, 2.45) is 0 Å². The number of nitrogens with one attached hydrogen (secondary N) is 1. The monoisotopic (exact) mass is 305 g/mol. The molecule has 110 valence electrons. The molecule has 1 unspecified atom stereocenters. The van der Waals surface area contributed by atoms with Crippen LogP contribution in [0.15, 0.2) is 36.7 Å². The van der Waals surface area contributed by atoms with Crippen LogP contribution in [-0.2, 0) is 16.5 Å². The first-order chi connectivity index (χ1) is 10.2. The second-order valence-electron chi connectivity index (χ2n) is 4.75. The van der Waals surface area contributed by atoms with Crippen molar-refractivity contribution in [2.45, 2.75) is 18.2 Å². The molecule has 3 rings (SSSR count). The van der Waals surface area contributed by atoms with Gasteiger partial charge in [0.25, 0.3) is 0 Å². The van der Waals surface area contributed by atoms with E-state index in [1.165, 1.54) is 0 Å². The second-order valence-corrected chi connectivity index (χ2v) is 5.73. The summed E-state index contributed by atoms with van der Waals surface area (Å²) in [6.45, 7) is 0.657. The Kier molecular flexibility index (Phi) is 4.01. The van der Waals surface area contributed by atoms with Gasteiger partial charge in [-0.1, -0.05) is 18.2 Å². The summed E-state index contributed by atoms with van der Waals surface area (Å²) < 4.78 is 26.9. The number of fused-ring (bicyclic) bond motifs is 1. The van der Waals surface area contributed by atoms with E-state index >= 15 is 0 Å². The van der Waals surface area contributed by atoms with Gasteiger partial charge in [0.15, 0.2) is 0 Å². The number of thiol groups is 1. The van der Waals surface area contributed by atoms with Gasteiger partial charge in [0.2, 0.25) is 0 Å². The summed E-state index contributed by atoms with van der Waals surface area (Å²) in [5, 5.41) is 3.36. The van der Waals surface area contributed by atoms with Crippen molar-refractivity contribution in [1.29, 1.82) is 0 Å². The van der Waals surface area contributed by atoms with E-state index in [1.807, 2.05) is 24.3 Å². The maximum Gasteiger partial charge on any atom is 0.147 e. The Bertz CT molecular complexity index is 693. The number of ether oxygens (including phenoxy) is 1. The highest BCUT2D eigenvalue weighted by molar-refractivity contribution is 7.71. The molecule has 0 saturated heterocycles. The molecule has 2 aromatic rings. The molecule has 1 aromatic carbocycles. The van der Waals surface area contributed by atoms with Crippen molar-refractivity contribution >= 4 is 16.4 Å². The van der Waals surface area contributed by atoms with Gasteiger partial charge >= 0.3 is 0 Å². The zero-order valence-electron chi connectivity index (χ0n) is 11.2. The van der Waals surface area contributed by atoms with Crippen LogP contribution in [0, 0.1) is 0 Å². The highest BCUT2D eigenvalue weighted by Crippen LogP contribution is 2.33. The van der Waals surface area contributed by atoms with E-state index in [1.54, 1.807) is 12.4 Å². The molecule has 2 heterocycles. The first-order valence-corrected chi connectivity index (χ1v) is 7.99. The lowest BCUT2D eigenvalue weighted by Gasteiger charge is -2.27. The van der Waals surface area contributed by atoms with Crippen molar-refractivity contribution in [1.82, 2.24) is 9.97 Å². The fourth-order valence-electron chi connectivity index (χ4n) is 2.32. The molecule has 0 saturated carbocycles. The third-order valence-corrected chi connectivity index (χ3v) is 3.82. The smallest absolute Gasteiger partial charge is 0.147 e. The van der Waals surface area contributed by atoms with E-state index in [0.29, 0.717) is 12.4 Å². The lowest BCUT2D eigenvalue weighted by Crippen LogP contribution is -2.20. The lowest BCUT2D eigenvalue weighted by molar-refractivity contribution is 0.274. The number of aromatic nitrogens is 2. The van der Waals surface area contributed by atoms with Crippen LogP contribution >= 0.6 is 0 Å². The third-order valence-electron chi connectivity index (χ3n) is 3.28. The van der Waals surface area contributed by atoms with E-state index in [0.717, 1.165) is 23.4 Å². The third kappa shape index (κ3) is 3.30. The fourth-order valence-corrected chi connectivity index (χ4v) is 2.71. The quantitative estimate of drug-likeness (QED) is 0.834. The van der Waals surface area contributed by atoms with Gasteiger partial charge in [-0.15, -0.1) is 0 Å². The average Bonchev–Trinajstić information content (AvgIpc) is 2.49. The molecular formula is C14H15N3O3S. The molecule has 0 fully saturated rings. The van der Waals surface area contributed by atoms with Crippen LogP contribution in [0.3, 0.4) is 0 Å². The van der Waals surface area contributed by atoms with E-state index < -0.39 is 10.7 Å². The zero-order valence-corrected chi connectivity index (χ0v) is 12.1. The van der Waals surface area contributed by atoms with Crippen molar-refractivity contribution < 1.29 is 13.2 Å². The highest BCUT2D eigenvalue weighted by atomic mass is 32.2. The SMILES string of the molecule is O=[SH](=O)Cc1ncc(NC2CCOc3ccccc32)cn1. The maximum absolute atomic E-state index is 10.6. The van der Waals surface area contributed by atoms with Crippen molar-refractivity contribution in [3.8, 4) is 5.75 Å². The van der Waals surface area contributed by atoms with E-state index in [-0.39, 0.29) is 11.8 Å². The van der Waals surface area contributed by atoms with Crippen LogP contribution in [0.4, 0.5) is 5.69 Å². The van der Waals surface area contributed by atoms with Gasteiger partial charge in [0.05, 0.1) is 30.7 Å². The molecule has 6 nitrogen and oxygen atoms in total. The van der Waals surface area contributed by atoms with Crippen molar-refractivity contribution in [3.05, 3.63) is 48.0 Å². The number of hydrogen-bond donors (Lipinski definition) is 2. The standard InChI is InChI=1S/C14H15N3O3S/c18-21(19)9-14-15-7-10(8-16-14)17-12-5-6-20-13-4-2-1-3-11(12)13/h1-4,7-8,12,17,21H,5-6,9H2. The molecule has 0 radical (unpaired) electrons. The molecular weight excluding hydrogens is 290 g/mol. The summed E-state index contributed by atoms with van der Waals surface area (Å²) >= 11 is 0. The van der Waals surface area contributed by atoms with Gasteiger partial charge in [0.1, 0.15) is 28.0 Å². The number of hydrogen-bond acceptors (Lipinski definition) is 6.